The van der Waals surface area contributed by atoms with Gasteiger partial charge in [-0.05, 0) is 25.1 Å². The van der Waals surface area contributed by atoms with Gasteiger partial charge in [-0.15, -0.1) is 11.3 Å². The van der Waals surface area contributed by atoms with Crippen LogP contribution in [0.3, 0.4) is 0 Å². The molecule has 0 unspecified atom stereocenters. The van der Waals surface area contributed by atoms with Crippen LogP contribution in [0.5, 0.6) is 5.75 Å². The normalized spacial score (nSPS) is 11.4. The molecule has 0 aliphatic heterocycles. The van der Waals surface area contributed by atoms with Gasteiger partial charge < -0.3 is 10.3 Å². The maximum atomic E-state index is 12.0. The predicted octanol–water partition coefficient (Wildman–Crippen LogP) is 2.95. The number of hydrogen-bond donors (Lipinski definition) is 3. The second-order valence-corrected chi connectivity index (χ2v) is 5.11. The van der Waals surface area contributed by atoms with Gasteiger partial charge in [-0.1, -0.05) is 16.8 Å². The van der Waals surface area contributed by atoms with Crippen LogP contribution in [0, 0.1) is 0 Å². The number of nitrogens with one attached hydrogen (secondary N) is 1. The first-order valence-corrected chi connectivity index (χ1v) is 6.71. The maximum absolute atomic E-state index is 12.0. The Bertz CT molecular complexity index is 684. The fourth-order valence-corrected chi connectivity index (χ4v) is 2.30. The lowest BCUT2D eigenvalue weighted by atomic mass is 10.2. The highest BCUT2D eigenvalue weighted by atomic mass is 35.5. The van der Waals surface area contributed by atoms with Crippen molar-refractivity contribution in [2.45, 2.75) is 6.92 Å². The molecule has 0 spiro atoms. The minimum atomic E-state index is -0.397. The molecule has 2 aromatic rings. The SMILES string of the molecule is CC(=NO)c1csc(NC(=O)c2ccc(O)c(Cl)c2)n1. The zero-order valence-electron chi connectivity index (χ0n) is 10.3. The molecule has 1 amide bonds. The smallest absolute Gasteiger partial charge is 0.257 e. The maximum Gasteiger partial charge on any atom is 0.257 e. The van der Waals surface area contributed by atoms with Crippen molar-refractivity contribution in [2.24, 2.45) is 5.16 Å². The third-order valence-electron chi connectivity index (χ3n) is 2.46. The van der Waals surface area contributed by atoms with Crippen LogP contribution < -0.4 is 5.32 Å². The minimum Gasteiger partial charge on any atom is -0.506 e. The number of aromatic hydroxyl groups is 1. The average molecular weight is 312 g/mol. The number of halogens is 1. The number of hydrogen-bond acceptors (Lipinski definition) is 6. The lowest BCUT2D eigenvalue weighted by Crippen LogP contribution is -2.11. The highest BCUT2D eigenvalue weighted by molar-refractivity contribution is 7.14. The third kappa shape index (κ3) is 3.06. The highest BCUT2D eigenvalue weighted by Gasteiger charge is 2.12. The second kappa shape index (κ2) is 5.89. The Morgan fingerprint density at radius 3 is 2.90 bits per heavy atom. The van der Waals surface area contributed by atoms with E-state index < -0.39 is 5.91 Å². The summed E-state index contributed by atoms with van der Waals surface area (Å²) in [5, 5.41) is 25.7. The molecular weight excluding hydrogens is 302 g/mol. The Balaban J connectivity index is 2.15. The number of aromatic nitrogens is 1. The van der Waals surface area contributed by atoms with E-state index in [0.717, 1.165) is 0 Å². The Kier molecular flexibility index (Phi) is 4.21. The molecule has 0 saturated carbocycles. The van der Waals surface area contributed by atoms with Crippen molar-refractivity contribution in [3.8, 4) is 5.75 Å². The summed E-state index contributed by atoms with van der Waals surface area (Å²) >= 11 is 6.95. The van der Waals surface area contributed by atoms with Crippen molar-refractivity contribution in [1.29, 1.82) is 0 Å². The number of carbonyl (C=O) groups is 1. The van der Waals surface area contributed by atoms with Gasteiger partial charge >= 0.3 is 0 Å². The molecule has 1 aromatic carbocycles. The fourth-order valence-electron chi connectivity index (χ4n) is 1.37. The quantitative estimate of drug-likeness (QED) is 0.461. The third-order valence-corrected chi connectivity index (χ3v) is 3.52. The van der Waals surface area contributed by atoms with Crippen LogP contribution in [0.2, 0.25) is 5.02 Å². The fraction of sp³-hybridized carbons (Fsp3) is 0.0833. The van der Waals surface area contributed by atoms with Crippen molar-refractivity contribution >= 4 is 39.7 Å². The summed E-state index contributed by atoms with van der Waals surface area (Å²) in [5.41, 5.74) is 1.14. The lowest BCUT2D eigenvalue weighted by Gasteiger charge is -2.03. The van der Waals surface area contributed by atoms with E-state index >= 15 is 0 Å². The Morgan fingerprint density at radius 2 is 2.25 bits per heavy atom. The second-order valence-electron chi connectivity index (χ2n) is 3.84. The van der Waals surface area contributed by atoms with Crippen LogP contribution in [0.15, 0.2) is 28.7 Å². The van der Waals surface area contributed by atoms with Gasteiger partial charge in [0.2, 0.25) is 0 Å². The van der Waals surface area contributed by atoms with E-state index in [0.29, 0.717) is 22.1 Å². The topological polar surface area (TPSA) is 94.8 Å². The molecule has 1 heterocycles. The summed E-state index contributed by atoms with van der Waals surface area (Å²) in [5.74, 6) is -0.485. The molecule has 0 atom stereocenters. The minimum absolute atomic E-state index is 0.0884. The first kappa shape index (κ1) is 14.3. The number of nitrogens with zero attached hydrogens (tertiary/aromatic N) is 2. The van der Waals surface area contributed by atoms with Crippen molar-refractivity contribution in [3.63, 3.8) is 0 Å². The lowest BCUT2D eigenvalue weighted by molar-refractivity contribution is 0.102. The largest absolute Gasteiger partial charge is 0.506 e. The number of anilines is 1. The van der Waals surface area contributed by atoms with Gasteiger partial charge in [0.25, 0.3) is 5.91 Å². The molecule has 0 fully saturated rings. The van der Waals surface area contributed by atoms with Crippen molar-refractivity contribution in [1.82, 2.24) is 4.98 Å². The van der Waals surface area contributed by atoms with E-state index in [-0.39, 0.29) is 10.8 Å². The number of oxime groups is 1. The zero-order valence-corrected chi connectivity index (χ0v) is 11.9. The Morgan fingerprint density at radius 1 is 1.50 bits per heavy atom. The number of phenols is 1. The van der Waals surface area contributed by atoms with Crippen LogP contribution in [-0.4, -0.2) is 26.9 Å². The molecule has 104 valence electrons. The molecular formula is C12H10ClN3O3S. The summed E-state index contributed by atoms with van der Waals surface area (Å²) in [7, 11) is 0. The summed E-state index contributed by atoms with van der Waals surface area (Å²) in [6.45, 7) is 1.60. The molecule has 0 saturated heterocycles. The molecule has 8 heteroatoms. The molecule has 0 radical (unpaired) electrons. The number of carbonyl (C=O) groups excluding carboxylic acids is 1. The van der Waals surface area contributed by atoms with E-state index in [9.17, 15) is 9.90 Å². The van der Waals surface area contributed by atoms with E-state index in [4.69, 9.17) is 16.8 Å². The van der Waals surface area contributed by atoms with Gasteiger partial charge in [0.1, 0.15) is 17.2 Å². The predicted molar refractivity (Wildman–Crippen MR) is 77.2 cm³/mol. The molecule has 0 bridgehead atoms. The monoisotopic (exact) mass is 311 g/mol. The van der Waals surface area contributed by atoms with E-state index in [1.807, 2.05) is 0 Å². The summed E-state index contributed by atoms with van der Waals surface area (Å²) < 4.78 is 0. The molecule has 0 aliphatic carbocycles. The number of thiazole rings is 1. The van der Waals surface area contributed by atoms with Gasteiger partial charge in [0, 0.05) is 10.9 Å². The molecule has 3 N–H and O–H groups in total. The molecule has 20 heavy (non-hydrogen) atoms. The van der Waals surface area contributed by atoms with Crippen LogP contribution in [0.25, 0.3) is 0 Å². The number of rotatable bonds is 3. The van der Waals surface area contributed by atoms with Crippen molar-refractivity contribution in [2.75, 3.05) is 5.32 Å². The Labute approximate surface area is 123 Å². The van der Waals surface area contributed by atoms with E-state index in [2.05, 4.69) is 15.5 Å². The van der Waals surface area contributed by atoms with Crippen molar-refractivity contribution in [3.05, 3.63) is 39.9 Å². The number of amides is 1. The van der Waals surface area contributed by atoms with Gasteiger partial charge in [-0.3, -0.25) is 10.1 Å². The van der Waals surface area contributed by atoms with E-state index in [1.165, 1.54) is 29.5 Å². The van der Waals surface area contributed by atoms with Crippen LogP contribution in [-0.2, 0) is 0 Å². The van der Waals surface area contributed by atoms with Gasteiger partial charge in [-0.2, -0.15) is 0 Å². The number of benzene rings is 1. The van der Waals surface area contributed by atoms with Gasteiger partial charge in [0.05, 0.1) is 5.02 Å². The van der Waals surface area contributed by atoms with Crippen molar-refractivity contribution < 1.29 is 15.1 Å². The average Bonchev–Trinajstić information content (AvgIpc) is 2.89. The summed E-state index contributed by atoms with van der Waals surface area (Å²) in [6, 6.07) is 4.15. The van der Waals surface area contributed by atoms with Crippen LogP contribution in [0.4, 0.5) is 5.13 Å². The Hall–Kier alpha value is -2.12. The first-order chi connectivity index (χ1) is 9.51. The summed E-state index contributed by atoms with van der Waals surface area (Å²) in [4.78, 5) is 16.1. The number of phenolic OH excluding ortho intramolecular Hbond substituents is 1. The van der Waals surface area contributed by atoms with E-state index in [1.54, 1.807) is 12.3 Å². The molecule has 2 rings (SSSR count). The summed E-state index contributed by atoms with van der Waals surface area (Å²) in [6.07, 6.45) is 0. The van der Waals surface area contributed by atoms with Crippen LogP contribution >= 0.6 is 22.9 Å². The van der Waals surface area contributed by atoms with Gasteiger partial charge in [-0.25, -0.2) is 4.98 Å². The standard InChI is InChI=1S/C12H10ClN3O3S/c1-6(16-19)9-5-20-12(14-9)15-11(18)7-2-3-10(17)8(13)4-7/h2-5,17,19H,1H3,(H,14,15,18). The molecule has 1 aromatic heterocycles. The first-order valence-electron chi connectivity index (χ1n) is 5.45. The van der Waals surface area contributed by atoms with Crippen LogP contribution in [0.1, 0.15) is 23.0 Å². The van der Waals surface area contributed by atoms with Gasteiger partial charge in [0.15, 0.2) is 5.13 Å². The molecule has 0 aliphatic rings. The molecule has 6 nitrogen and oxygen atoms in total. The highest BCUT2D eigenvalue weighted by Crippen LogP contribution is 2.24. The zero-order chi connectivity index (χ0) is 14.7.